The number of hydrogen-bond donors (Lipinski definition) is 0. The molecule has 0 atom stereocenters. The molecule has 0 aliphatic heterocycles. The van der Waals surface area contributed by atoms with Crippen molar-refractivity contribution < 1.29 is 0 Å². The van der Waals surface area contributed by atoms with Crippen LogP contribution >= 0.6 is 0 Å². The number of rotatable bonds is 7. The third-order valence-electron chi connectivity index (χ3n) is 12.6. The Kier molecular flexibility index (Phi) is 9.38. The average molecular weight is 770 g/mol. The number of para-hydroxylation sites is 2. The zero-order valence-electron chi connectivity index (χ0n) is 34.3. The van der Waals surface area contributed by atoms with Gasteiger partial charge in [0.05, 0.1) is 11.0 Å². The van der Waals surface area contributed by atoms with Crippen LogP contribution in [0.5, 0.6) is 0 Å². The molecule has 2 aliphatic carbocycles. The lowest BCUT2D eigenvalue weighted by Crippen LogP contribution is -2.17. The van der Waals surface area contributed by atoms with Crippen LogP contribution in [-0.4, -0.2) is 4.57 Å². The zero-order chi connectivity index (χ0) is 40.8. The van der Waals surface area contributed by atoms with Gasteiger partial charge in [-0.05, 0) is 127 Å². The van der Waals surface area contributed by atoms with E-state index in [2.05, 4.69) is 220 Å². The molecule has 1 heterocycles. The van der Waals surface area contributed by atoms with Gasteiger partial charge in [-0.1, -0.05) is 191 Å². The fraction of sp³-hybridized carbons (Fsp3) is 0.0847. The number of hydrogen-bond acceptors (Lipinski definition) is 0. The lowest BCUT2D eigenvalue weighted by Gasteiger charge is -2.28. The first-order chi connectivity index (χ1) is 29.4. The minimum absolute atomic E-state index is 0.228. The Morgan fingerprint density at radius 3 is 2.12 bits per heavy atom. The summed E-state index contributed by atoms with van der Waals surface area (Å²) in [5.74, 6) is 0. The first-order valence-corrected chi connectivity index (χ1v) is 21.0. The molecule has 0 fully saturated rings. The largest absolute Gasteiger partial charge is 0.309 e. The summed E-state index contributed by atoms with van der Waals surface area (Å²) < 4.78 is 2.40. The molecule has 0 bridgehead atoms. The van der Waals surface area contributed by atoms with E-state index < -0.39 is 0 Å². The molecule has 0 spiro atoms. The van der Waals surface area contributed by atoms with Gasteiger partial charge in [0.15, 0.2) is 0 Å². The fourth-order valence-corrected chi connectivity index (χ4v) is 9.81. The monoisotopic (exact) mass is 769 g/mol. The number of benzene rings is 7. The van der Waals surface area contributed by atoms with Crippen molar-refractivity contribution in [3.63, 3.8) is 0 Å². The average Bonchev–Trinajstić information content (AvgIpc) is 3.73. The van der Waals surface area contributed by atoms with E-state index in [0.29, 0.717) is 0 Å². The molecule has 1 heteroatoms. The normalized spacial score (nSPS) is 15.5. The topological polar surface area (TPSA) is 4.93 Å². The minimum atomic E-state index is -0.228. The van der Waals surface area contributed by atoms with Crippen molar-refractivity contribution >= 4 is 38.5 Å². The molecular weight excluding hydrogens is 723 g/mol. The SMILES string of the molecule is C=C/C=C\Cc1ccccc1-c1cc(-c2ccc3c4ccccc4n(-c4ccccc4)c3c2)ccc1-c1ccc2c(c1)C(C)(C)C1=C2C/C=C\C=C/C(=C)c2ccccc21. The maximum atomic E-state index is 4.48. The second kappa shape index (κ2) is 15.2. The van der Waals surface area contributed by atoms with Gasteiger partial charge in [-0.2, -0.15) is 0 Å². The standard InChI is InChI=1S/C59H47N/c1-5-6-9-21-41-22-14-15-26-47(41)54-37-42(43-32-36-51-50-27-18-19-30-56(50)60(57(51)39-43)45-23-11-8-12-24-45)31-34-48(54)44-33-35-49-53-28-13-7-10-20-40(2)46-25-16-17-29-52(46)58(53)59(3,4)55(49)38-44/h5-20,22-27,29-39H,1-2,21,28H2,3-4H3/b9-6-,13-7-,20-10-. The Hall–Kier alpha value is -7.22. The van der Waals surface area contributed by atoms with E-state index in [4.69, 9.17) is 0 Å². The summed E-state index contributed by atoms with van der Waals surface area (Å²) in [4.78, 5) is 0. The summed E-state index contributed by atoms with van der Waals surface area (Å²) in [5.41, 5.74) is 20.9. The summed E-state index contributed by atoms with van der Waals surface area (Å²) >= 11 is 0. The van der Waals surface area contributed by atoms with Crippen LogP contribution in [0.25, 0.3) is 77.6 Å². The lowest BCUT2D eigenvalue weighted by atomic mass is 9.75. The molecule has 10 rings (SSSR count). The van der Waals surface area contributed by atoms with Crippen LogP contribution in [0.2, 0.25) is 0 Å². The molecule has 0 saturated heterocycles. The minimum Gasteiger partial charge on any atom is -0.309 e. The highest BCUT2D eigenvalue weighted by Gasteiger charge is 2.39. The second-order valence-corrected chi connectivity index (χ2v) is 16.5. The highest BCUT2D eigenvalue weighted by molar-refractivity contribution is 6.10. The van der Waals surface area contributed by atoms with Crippen molar-refractivity contribution in [1.29, 1.82) is 0 Å². The molecule has 0 radical (unpaired) electrons. The van der Waals surface area contributed by atoms with E-state index in [1.807, 2.05) is 12.2 Å². The quantitative estimate of drug-likeness (QED) is 0.142. The molecule has 288 valence electrons. The van der Waals surface area contributed by atoms with Crippen LogP contribution in [-0.2, 0) is 11.8 Å². The van der Waals surface area contributed by atoms with Gasteiger partial charge in [0.2, 0.25) is 0 Å². The molecule has 0 saturated carbocycles. The van der Waals surface area contributed by atoms with E-state index in [0.717, 1.165) is 24.1 Å². The molecule has 7 aromatic carbocycles. The molecule has 2 aliphatic rings. The highest BCUT2D eigenvalue weighted by atomic mass is 15.0. The lowest BCUT2D eigenvalue weighted by molar-refractivity contribution is 0.703. The van der Waals surface area contributed by atoms with E-state index in [-0.39, 0.29) is 5.41 Å². The van der Waals surface area contributed by atoms with Crippen LogP contribution in [0.15, 0.2) is 213 Å². The maximum absolute atomic E-state index is 4.48. The molecule has 0 amide bonds. The summed E-state index contributed by atoms with van der Waals surface area (Å²) in [5, 5.41) is 2.51. The number of aromatic nitrogens is 1. The van der Waals surface area contributed by atoms with Gasteiger partial charge in [0, 0.05) is 21.9 Å². The Bertz CT molecular complexity index is 3140. The summed E-state index contributed by atoms with van der Waals surface area (Å²) in [7, 11) is 0. The molecule has 60 heavy (non-hydrogen) atoms. The van der Waals surface area contributed by atoms with Crippen molar-refractivity contribution in [2.24, 2.45) is 0 Å². The van der Waals surface area contributed by atoms with E-state index in [1.165, 1.54) is 94.2 Å². The zero-order valence-corrected chi connectivity index (χ0v) is 34.3. The van der Waals surface area contributed by atoms with E-state index in [1.54, 1.807) is 0 Å². The predicted octanol–water partition coefficient (Wildman–Crippen LogP) is 15.8. The molecule has 0 N–H and O–H groups in total. The van der Waals surface area contributed by atoms with Gasteiger partial charge in [-0.25, -0.2) is 0 Å². The molecule has 8 aromatic rings. The molecular formula is C59H47N. The third-order valence-corrected chi connectivity index (χ3v) is 12.6. The van der Waals surface area contributed by atoms with Gasteiger partial charge in [0.1, 0.15) is 0 Å². The summed E-state index contributed by atoms with van der Waals surface area (Å²) in [6.07, 6.45) is 16.5. The van der Waals surface area contributed by atoms with E-state index in [9.17, 15) is 0 Å². The van der Waals surface area contributed by atoms with E-state index >= 15 is 0 Å². The van der Waals surface area contributed by atoms with Crippen molar-refractivity contribution in [1.82, 2.24) is 4.57 Å². The van der Waals surface area contributed by atoms with Crippen molar-refractivity contribution in [3.05, 3.63) is 241 Å². The molecule has 1 nitrogen and oxygen atoms in total. The van der Waals surface area contributed by atoms with Gasteiger partial charge >= 0.3 is 0 Å². The number of nitrogens with zero attached hydrogens (tertiary/aromatic N) is 1. The first-order valence-electron chi connectivity index (χ1n) is 21.0. The van der Waals surface area contributed by atoms with Gasteiger partial charge in [-0.3, -0.25) is 0 Å². The maximum Gasteiger partial charge on any atom is 0.0547 e. The number of allylic oxidation sites excluding steroid dienone is 10. The Morgan fingerprint density at radius 2 is 1.27 bits per heavy atom. The summed E-state index contributed by atoms with van der Waals surface area (Å²) in [6, 6.07) is 58.4. The van der Waals surface area contributed by atoms with Crippen LogP contribution in [0.1, 0.15) is 48.1 Å². The third kappa shape index (κ3) is 6.26. The van der Waals surface area contributed by atoms with Crippen molar-refractivity contribution in [2.45, 2.75) is 32.1 Å². The smallest absolute Gasteiger partial charge is 0.0547 e. The van der Waals surface area contributed by atoms with Crippen LogP contribution in [0.4, 0.5) is 0 Å². The van der Waals surface area contributed by atoms with Crippen LogP contribution in [0, 0.1) is 0 Å². The first kappa shape index (κ1) is 37.1. The molecule has 1 aromatic heterocycles. The van der Waals surface area contributed by atoms with Gasteiger partial charge < -0.3 is 4.57 Å². The second-order valence-electron chi connectivity index (χ2n) is 16.5. The van der Waals surface area contributed by atoms with Crippen LogP contribution < -0.4 is 0 Å². The Morgan fingerprint density at radius 1 is 0.583 bits per heavy atom. The Labute approximate surface area is 354 Å². The highest BCUT2D eigenvalue weighted by Crippen LogP contribution is 2.54. The van der Waals surface area contributed by atoms with Crippen molar-refractivity contribution in [3.8, 4) is 39.1 Å². The molecule has 0 unspecified atom stereocenters. The Balaban J connectivity index is 1.15. The van der Waals surface area contributed by atoms with Gasteiger partial charge in [-0.15, -0.1) is 0 Å². The predicted molar refractivity (Wildman–Crippen MR) is 258 cm³/mol. The van der Waals surface area contributed by atoms with Crippen LogP contribution in [0.3, 0.4) is 0 Å². The van der Waals surface area contributed by atoms with Crippen molar-refractivity contribution in [2.75, 3.05) is 0 Å². The number of fused-ring (bicyclic) bond motifs is 7. The van der Waals surface area contributed by atoms with Gasteiger partial charge in [0.25, 0.3) is 0 Å². The fourth-order valence-electron chi connectivity index (χ4n) is 9.81. The summed E-state index contributed by atoms with van der Waals surface area (Å²) in [6.45, 7) is 13.2.